The Morgan fingerprint density at radius 2 is 2.00 bits per heavy atom. The number of allylic oxidation sites excluding steroid dienone is 1. The Morgan fingerprint density at radius 1 is 1.27 bits per heavy atom. The standard InChI is InChI=1S/C13H26O2/c1-5-7-9-12(3)15-11-13(14-4)10-8-6-2/h7,9,12-13H,5-6,8,10-11H2,1-4H3. The monoisotopic (exact) mass is 214 g/mol. The van der Waals surface area contributed by atoms with Crippen LogP contribution < -0.4 is 0 Å². The molecule has 0 aromatic heterocycles. The minimum atomic E-state index is 0.198. The first-order valence-electron chi connectivity index (χ1n) is 6.05. The molecule has 0 rings (SSSR count). The smallest absolute Gasteiger partial charge is 0.0805 e. The van der Waals surface area contributed by atoms with Crippen LogP contribution in [0.3, 0.4) is 0 Å². The predicted octanol–water partition coefficient (Wildman–Crippen LogP) is 3.56. The van der Waals surface area contributed by atoms with Gasteiger partial charge in [0.15, 0.2) is 0 Å². The summed E-state index contributed by atoms with van der Waals surface area (Å²) >= 11 is 0. The first-order valence-corrected chi connectivity index (χ1v) is 6.05. The zero-order chi connectivity index (χ0) is 11.5. The van der Waals surface area contributed by atoms with Gasteiger partial charge in [-0.3, -0.25) is 0 Å². The van der Waals surface area contributed by atoms with Crippen LogP contribution in [0.1, 0.15) is 46.5 Å². The van der Waals surface area contributed by atoms with E-state index in [4.69, 9.17) is 9.47 Å². The second-order valence-corrected chi connectivity index (χ2v) is 3.87. The fraction of sp³-hybridized carbons (Fsp3) is 0.846. The van der Waals surface area contributed by atoms with E-state index in [-0.39, 0.29) is 12.2 Å². The zero-order valence-corrected chi connectivity index (χ0v) is 10.7. The summed E-state index contributed by atoms with van der Waals surface area (Å²) in [6, 6.07) is 0. The molecule has 2 unspecified atom stereocenters. The SMILES string of the molecule is CCC=CC(C)OCC(CCCC)OC. The third-order valence-electron chi connectivity index (χ3n) is 2.40. The van der Waals surface area contributed by atoms with Crippen molar-refractivity contribution in [3.8, 4) is 0 Å². The maximum atomic E-state index is 5.68. The summed E-state index contributed by atoms with van der Waals surface area (Å²) < 4.78 is 11.0. The average Bonchev–Trinajstić information content (AvgIpc) is 2.26. The molecule has 2 nitrogen and oxygen atoms in total. The normalized spacial score (nSPS) is 15.7. The summed E-state index contributed by atoms with van der Waals surface area (Å²) in [6.07, 6.45) is 9.28. The minimum Gasteiger partial charge on any atom is -0.379 e. The van der Waals surface area contributed by atoms with Gasteiger partial charge in [0.1, 0.15) is 0 Å². The molecule has 0 aromatic rings. The third-order valence-corrected chi connectivity index (χ3v) is 2.40. The van der Waals surface area contributed by atoms with Crippen molar-refractivity contribution >= 4 is 0 Å². The van der Waals surface area contributed by atoms with Crippen molar-refractivity contribution in [3.05, 3.63) is 12.2 Å². The van der Waals surface area contributed by atoms with Gasteiger partial charge in [-0.05, 0) is 19.8 Å². The lowest BCUT2D eigenvalue weighted by Crippen LogP contribution is -2.21. The van der Waals surface area contributed by atoms with Gasteiger partial charge in [0.25, 0.3) is 0 Å². The molecule has 0 aromatic carbocycles. The van der Waals surface area contributed by atoms with Gasteiger partial charge in [-0.1, -0.05) is 38.8 Å². The second kappa shape index (κ2) is 10.2. The second-order valence-electron chi connectivity index (χ2n) is 3.87. The van der Waals surface area contributed by atoms with Gasteiger partial charge < -0.3 is 9.47 Å². The Morgan fingerprint density at radius 3 is 2.53 bits per heavy atom. The zero-order valence-electron chi connectivity index (χ0n) is 10.7. The summed E-state index contributed by atoms with van der Waals surface area (Å²) in [5, 5.41) is 0. The van der Waals surface area contributed by atoms with Crippen LogP contribution in [0.2, 0.25) is 0 Å². The van der Waals surface area contributed by atoms with Gasteiger partial charge in [-0.15, -0.1) is 0 Å². The lowest BCUT2D eigenvalue weighted by Gasteiger charge is -2.17. The highest BCUT2D eigenvalue weighted by Crippen LogP contribution is 2.06. The van der Waals surface area contributed by atoms with E-state index < -0.39 is 0 Å². The molecule has 0 radical (unpaired) electrons. The van der Waals surface area contributed by atoms with Crippen LogP contribution in [0.4, 0.5) is 0 Å². The molecule has 0 bridgehead atoms. The Kier molecular flexibility index (Phi) is 9.96. The molecular weight excluding hydrogens is 188 g/mol. The van der Waals surface area contributed by atoms with Crippen LogP contribution in [-0.2, 0) is 9.47 Å². The molecule has 0 spiro atoms. The van der Waals surface area contributed by atoms with Gasteiger partial charge in [-0.2, -0.15) is 0 Å². The van der Waals surface area contributed by atoms with Crippen molar-refractivity contribution < 1.29 is 9.47 Å². The van der Waals surface area contributed by atoms with Crippen molar-refractivity contribution in [2.75, 3.05) is 13.7 Å². The number of methoxy groups -OCH3 is 1. The predicted molar refractivity (Wildman–Crippen MR) is 65.2 cm³/mol. The molecule has 2 atom stereocenters. The van der Waals surface area contributed by atoms with Crippen LogP contribution in [0.25, 0.3) is 0 Å². The topological polar surface area (TPSA) is 18.5 Å². The Bertz CT molecular complexity index is 155. The molecule has 0 heterocycles. The molecule has 90 valence electrons. The summed E-state index contributed by atoms with van der Waals surface area (Å²) in [5.74, 6) is 0. The van der Waals surface area contributed by atoms with Crippen molar-refractivity contribution in [2.24, 2.45) is 0 Å². The van der Waals surface area contributed by atoms with Crippen LogP contribution in [0, 0.1) is 0 Å². The highest BCUT2D eigenvalue weighted by molar-refractivity contribution is 4.86. The molecular formula is C13H26O2. The van der Waals surface area contributed by atoms with Gasteiger partial charge in [0.05, 0.1) is 18.8 Å². The van der Waals surface area contributed by atoms with Gasteiger partial charge in [0, 0.05) is 7.11 Å². The fourth-order valence-electron chi connectivity index (χ4n) is 1.34. The molecule has 0 amide bonds. The summed E-state index contributed by atoms with van der Waals surface area (Å²) in [6.45, 7) is 7.09. The first-order chi connectivity index (χ1) is 7.24. The molecule has 0 saturated carbocycles. The van der Waals surface area contributed by atoms with Gasteiger partial charge >= 0.3 is 0 Å². The van der Waals surface area contributed by atoms with E-state index in [0.29, 0.717) is 6.61 Å². The molecule has 0 fully saturated rings. The lowest BCUT2D eigenvalue weighted by atomic mass is 10.2. The maximum absolute atomic E-state index is 5.68. The van der Waals surface area contributed by atoms with E-state index in [1.165, 1.54) is 12.8 Å². The molecule has 0 aliphatic heterocycles. The Labute approximate surface area is 94.7 Å². The number of ether oxygens (including phenoxy) is 2. The summed E-state index contributed by atoms with van der Waals surface area (Å²) in [7, 11) is 1.76. The van der Waals surface area contributed by atoms with E-state index >= 15 is 0 Å². The lowest BCUT2D eigenvalue weighted by molar-refractivity contribution is -0.0115. The van der Waals surface area contributed by atoms with E-state index in [1.54, 1.807) is 7.11 Å². The van der Waals surface area contributed by atoms with Crippen molar-refractivity contribution in [2.45, 2.75) is 58.7 Å². The van der Waals surface area contributed by atoms with Crippen LogP contribution in [0.5, 0.6) is 0 Å². The summed E-state index contributed by atoms with van der Waals surface area (Å²) in [5.41, 5.74) is 0. The molecule has 0 saturated heterocycles. The molecule has 0 N–H and O–H groups in total. The van der Waals surface area contributed by atoms with E-state index in [1.807, 2.05) is 0 Å². The largest absolute Gasteiger partial charge is 0.379 e. The number of rotatable bonds is 9. The molecule has 0 aliphatic carbocycles. The van der Waals surface area contributed by atoms with Gasteiger partial charge in [0.2, 0.25) is 0 Å². The molecule has 15 heavy (non-hydrogen) atoms. The van der Waals surface area contributed by atoms with E-state index in [9.17, 15) is 0 Å². The van der Waals surface area contributed by atoms with E-state index in [2.05, 4.69) is 32.9 Å². The van der Waals surface area contributed by atoms with Gasteiger partial charge in [-0.25, -0.2) is 0 Å². The highest BCUT2D eigenvalue weighted by atomic mass is 16.5. The quantitative estimate of drug-likeness (QED) is 0.546. The number of hydrogen-bond acceptors (Lipinski definition) is 2. The van der Waals surface area contributed by atoms with Crippen molar-refractivity contribution in [1.29, 1.82) is 0 Å². The average molecular weight is 214 g/mol. The first kappa shape index (κ1) is 14.7. The van der Waals surface area contributed by atoms with E-state index in [0.717, 1.165) is 12.8 Å². The van der Waals surface area contributed by atoms with Crippen LogP contribution in [-0.4, -0.2) is 25.9 Å². The molecule has 2 heteroatoms. The Balaban J connectivity index is 3.64. The van der Waals surface area contributed by atoms with Crippen LogP contribution >= 0.6 is 0 Å². The van der Waals surface area contributed by atoms with Crippen LogP contribution in [0.15, 0.2) is 12.2 Å². The van der Waals surface area contributed by atoms with Crippen molar-refractivity contribution in [3.63, 3.8) is 0 Å². The van der Waals surface area contributed by atoms with Crippen molar-refractivity contribution in [1.82, 2.24) is 0 Å². The molecule has 0 aliphatic rings. The fourth-order valence-corrected chi connectivity index (χ4v) is 1.34. The minimum absolute atomic E-state index is 0.198. The summed E-state index contributed by atoms with van der Waals surface area (Å²) in [4.78, 5) is 0. The highest BCUT2D eigenvalue weighted by Gasteiger charge is 2.08. The number of unbranched alkanes of at least 4 members (excludes halogenated alkanes) is 1. The number of hydrogen-bond donors (Lipinski definition) is 0. The Hall–Kier alpha value is -0.340. The maximum Gasteiger partial charge on any atom is 0.0805 e. The third kappa shape index (κ3) is 8.64.